The lowest BCUT2D eigenvalue weighted by Crippen LogP contribution is -2.20. The number of hydrogen-bond donors (Lipinski definition) is 1. The van der Waals surface area contributed by atoms with Crippen molar-refractivity contribution in [1.82, 2.24) is 4.90 Å². The Balaban J connectivity index is 2.33. The number of nitrogens with two attached hydrogens (primary N) is 1. The van der Waals surface area contributed by atoms with Crippen molar-refractivity contribution in [1.29, 1.82) is 0 Å². The third kappa shape index (κ3) is 0.718. The van der Waals surface area contributed by atoms with Crippen LogP contribution in [0.3, 0.4) is 0 Å². The fraction of sp³-hybridized carbons (Fsp3) is 0.750. The number of rotatable bonds is 1. The maximum absolute atomic E-state index is 10.2. The van der Waals surface area contributed by atoms with Crippen LogP contribution in [0, 0.1) is 0 Å². The van der Waals surface area contributed by atoms with E-state index >= 15 is 0 Å². The molecule has 3 heteroatoms. The minimum Gasteiger partial charge on any atom is -0.368 e. The summed E-state index contributed by atoms with van der Waals surface area (Å²) in [5.41, 5.74) is 4.91. The minimum absolute atomic E-state index is 0.0417. The van der Waals surface area contributed by atoms with E-state index in [0.29, 0.717) is 0 Å². The maximum atomic E-state index is 10.2. The van der Waals surface area contributed by atoms with Gasteiger partial charge in [-0.1, -0.05) is 0 Å². The highest BCUT2D eigenvalue weighted by molar-refractivity contribution is 5.82. The lowest BCUT2D eigenvalue weighted by molar-refractivity contribution is -0.118. The van der Waals surface area contributed by atoms with E-state index < -0.39 is 0 Å². The summed E-state index contributed by atoms with van der Waals surface area (Å²) in [6.07, 6.45) is 0. The van der Waals surface area contributed by atoms with Gasteiger partial charge in [0.05, 0.1) is 0 Å². The van der Waals surface area contributed by atoms with Crippen LogP contribution in [0.5, 0.6) is 0 Å². The molecule has 0 spiro atoms. The molecule has 0 aromatic carbocycles. The minimum atomic E-state index is -0.206. The van der Waals surface area contributed by atoms with Gasteiger partial charge in [0, 0.05) is 6.54 Å². The van der Waals surface area contributed by atoms with Crippen LogP contribution < -0.4 is 5.73 Å². The molecule has 1 heterocycles. The largest absolute Gasteiger partial charge is 0.368 e. The molecule has 0 bridgehead atoms. The van der Waals surface area contributed by atoms with Crippen molar-refractivity contribution in [2.45, 2.75) is 6.04 Å². The van der Waals surface area contributed by atoms with Gasteiger partial charge in [0.2, 0.25) is 5.91 Å². The van der Waals surface area contributed by atoms with Gasteiger partial charge >= 0.3 is 0 Å². The van der Waals surface area contributed by atoms with E-state index in [4.69, 9.17) is 5.73 Å². The summed E-state index contributed by atoms with van der Waals surface area (Å²) in [5, 5.41) is 0. The number of amides is 1. The second-order valence-electron chi connectivity index (χ2n) is 1.86. The molecule has 1 saturated heterocycles. The SMILES string of the molecule is CN1C[C@@H]1C(N)=O. The molecule has 0 aromatic rings. The highest BCUT2D eigenvalue weighted by Gasteiger charge is 2.34. The molecular formula is C4H8N2O. The topological polar surface area (TPSA) is 46.1 Å². The van der Waals surface area contributed by atoms with Gasteiger partial charge in [-0.05, 0) is 7.05 Å². The predicted molar refractivity (Wildman–Crippen MR) is 25.6 cm³/mol. The first kappa shape index (κ1) is 4.59. The Kier molecular flexibility index (Phi) is 0.785. The van der Waals surface area contributed by atoms with Crippen LogP contribution in [0.1, 0.15) is 0 Å². The molecule has 1 fully saturated rings. The van der Waals surface area contributed by atoms with Gasteiger partial charge in [-0.25, -0.2) is 0 Å². The summed E-state index contributed by atoms with van der Waals surface area (Å²) in [7, 11) is 1.87. The Morgan fingerprint density at radius 1 is 2.00 bits per heavy atom. The Bertz CT molecular complexity index is 102. The van der Waals surface area contributed by atoms with Crippen molar-refractivity contribution < 1.29 is 4.79 Å². The first-order valence-electron chi connectivity index (χ1n) is 2.21. The molecule has 7 heavy (non-hydrogen) atoms. The van der Waals surface area contributed by atoms with Crippen LogP contribution in [0.2, 0.25) is 0 Å². The van der Waals surface area contributed by atoms with Crippen LogP contribution in [0.4, 0.5) is 0 Å². The van der Waals surface area contributed by atoms with Crippen LogP contribution in [0.25, 0.3) is 0 Å². The normalized spacial score (nSPS) is 37.9. The summed E-state index contributed by atoms with van der Waals surface area (Å²) >= 11 is 0. The van der Waals surface area contributed by atoms with E-state index in [-0.39, 0.29) is 11.9 Å². The average molecular weight is 100 g/mol. The van der Waals surface area contributed by atoms with Crippen molar-refractivity contribution >= 4 is 5.91 Å². The fourth-order valence-corrected chi connectivity index (χ4v) is 0.533. The highest BCUT2D eigenvalue weighted by Crippen LogP contribution is 2.10. The van der Waals surface area contributed by atoms with Gasteiger partial charge in [-0.3, -0.25) is 9.69 Å². The summed E-state index contributed by atoms with van der Waals surface area (Å²) in [4.78, 5) is 12.0. The number of carbonyl (C=O) groups is 1. The van der Waals surface area contributed by atoms with E-state index in [2.05, 4.69) is 0 Å². The molecule has 1 rings (SSSR count). The zero-order valence-corrected chi connectivity index (χ0v) is 4.22. The highest BCUT2D eigenvalue weighted by atomic mass is 16.1. The quantitative estimate of drug-likeness (QED) is 0.420. The summed E-state index contributed by atoms with van der Waals surface area (Å²) < 4.78 is 0. The van der Waals surface area contributed by atoms with Crippen LogP contribution >= 0.6 is 0 Å². The first-order chi connectivity index (χ1) is 3.22. The lowest BCUT2D eigenvalue weighted by atomic mass is 10.5. The second-order valence-corrected chi connectivity index (χ2v) is 1.86. The number of likely N-dealkylation sites (N-methyl/N-ethyl adjacent to an activating group) is 1. The van der Waals surface area contributed by atoms with Crippen molar-refractivity contribution in [3.05, 3.63) is 0 Å². The standard InChI is InChI=1S/C4H8N2O/c1-6-2-3(6)4(5)7/h3H,2H2,1H3,(H2,5,7)/t3-,6?/m1/s1. The van der Waals surface area contributed by atoms with Gasteiger partial charge in [0.15, 0.2) is 0 Å². The molecular weight excluding hydrogens is 92.1 g/mol. The zero-order valence-electron chi connectivity index (χ0n) is 4.22. The molecule has 40 valence electrons. The second kappa shape index (κ2) is 1.20. The van der Waals surface area contributed by atoms with Crippen LogP contribution in [-0.4, -0.2) is 30.4 Å². The molecule has 2 atom stereocenters. The van der Waals surface area contributed by atoms with Crippen molar-refractivity contribution in [2.24, 2.45) is 5.73 Å². The van der Waals surface area contributed by atoms with Gasteiger partial charge in [0.25, 0.3) is 0 Å². The third-order valence-corrected chi connectivity index (χ3v) is 1.19. The van der Waals surface area contributed by atoms with Gasteiger partial charge < -0.3 is 5.73 Å². The predicted octanol–water partition coefficient (Wildman–Crippen LogP) is -1.21. The van der Waals surface area contributed by atoms with Crippen molar-refractivity contribution in [2.75, 3.05) is 13.6 Å². The van der Waals surface area contributed by atoms with Gasteiger partial charge in [-0.2, -0.15) is 0 Å². The number of nitrogens with zero attached hydrogens (tertiary/aromatic N) is 1. The van der Waals surface area contributed by atoms with E-state index in [0.717, 1.165) is 6.54 Å². The molecule has 0 aromatic heterocycles. The molecule has 3 nitrogen and oxygen atoms in total. The molecule has 1 aliphatic rings. The third-order valence-electron chi connectivity index (χ3n) is 1.19. The average Bonchev–Trinajstić information content (AvgIpc) is 2.17. The first-order valence-corrected chi connectivity index (χ1v) is 2.21. The molecule has 2 N–H and O–H groups in total. The monoisotopic (exact) mass is 100 g/mol. The Labute approximate surface area is 42.1 Å². The summed E-state index contributed by atoms with van der Waals surface area (Å²) in [6, 6.07) is 0.0417. The smallest absolute Gasteiger partial charge is 0.236 e. The lowest BCUT2D eigenvalue weighted by Gasteiger charge is -1.84. The van der Waals surface area contributed by atoms with E-state index in [1.807, 2.05) is 11.9 Å². The van der Waals surface area contributed by atoms with E-state index in [1.54, 1.807) is 0 Å². The number of primary amides is 1. The van der Waals surface area contributed by atoms with E-state index in [1.165, 1.54) is 0 Å². The Morgan fingerprint density at radius 3 is 2.43 bits per heavy atom. The molecule has 1 aliphatic heterocycles. The van der Waals surface area contributed by atoms with Gasteiger partial charge in [0.1, 0.15) is 6.04 Å². The van der Waals surface area contributed by atoms with E-state index in [9.17, 15) is 4.79 Å². The Hall–Kier alpha value is -0.570. The Morgan fingerprint density at radius 2 is 2.43 bits per heavy atom. The van der Waals surface area contributed by atoms with Crippen LogP contribution in [-0.2, 0) is 4.79 Å². The molecule has 0 aliphatic carbocycles. The zero-order chi connectivity index (χ0) is 5.44. The van der Waals surface area contributed by atoms with Gasteiger partial charge in [-0.15, -0.1) is 0 Å². The number of hydrogen-bond acceptors (Lipinski definition) is 2. The fourth-order valence-electron chi connectivity index (χ4n) is 0.533. The van der Waals surface area contributed by atoms with Crippen molar-refractivity contribution in [3.63, 3.8) is 0 Å². The molecule has 0 saturated carbocycles. The molecule has 1 amide bonds. The maximum Gasteiger partial charge on any atom is 0.236 e. The summed E-state index contributed by atoms with van der Waals surface area (Å²) in [5.74, 6) is -0.206. The number of carbonyl (C=O) groups excluding carboxylic acids is 1. The van der Waals surface area contributed by atoms with Crippen molar-refractivity contribution in [3.8, 4) is 0 Å². The van der Waals surface area contributed by atoms with Crippen LogP contribution in [0.15, 0.2) is 0 Å². The molecule has 0 radical (unpaired) electrons. The molecule has 1 unspecified atom stereocenters. The summed E-state index contributed by atoms with van der Waals surface area (Å²) in [6.45, 7) is 0.843.